The Labute approximate surface area is 105 Å². The number of rotatable bonds is 2. The highest BCUT2D eigenvalue weighted by Gasteiger charge is 2.18. The molecular formula is C13H14N4O. The Morgan fingerprint density at radius 2 is 2.22 bits per heavy atom. The number of pyridine rings is 1. The SMILES string of the molecule is COc1nc(-c2ccccn2)nc2c1CNCC2. The van der Waals surface area contributed by atoms with Crippen LogP contribution in [-0.2, 0) is 13.0 Å². The van der Waals surface area contributed by atoms with Crippen LogP contribution in [0.15, 0.2) is 24.4 Å². The van der Waals surface area contributed by atoms with Crippen LogP contribution < -0.4 is 10.1 Å². The van der Waals surface area contributed by atoms with Crippen LogP contribution in [0.2, 0.25) is 0 Å². The van der Waals surface area contributed by atoms with Gasteiger partial charge >= 0.3 is 0 Å². The second kappa shape index (κ2) is 4.70. The van der Waals surface area contributed by atoms with Gasteiger partial charge < -0.3 is 10.1 Å². The van der Waals surface area contributed by atoms with Gasteiger partial charge in [-0.15, -0.1) is 0 Å². The second-order valence-electron chi connectivity index (χ2n) is 4.12. The zero-order chi connectivity index (χ0) is 12.4. The van der Waals surface area contributed by atoms with Crippen LogP contribution in [0.4, 0.5) is 0 Å². The standard InChI is InChI=1S/C13H14N4O/c1-18-13-9-8-14-7-5-10(9)16-12(17-13)11-4-2-3-6-15-11/h2-4,6,14H,5,7-8H2,1H3. The van der Waals surface area contributed by atoms with Crippen LogP contribution in [-0.4, -0.2) is 28.6 Å². The molecule has 1 aliphatic heterocycles. The van der Waals surface area contributed by atoms with Crippen LogP contribution >= 0.6 is 0 Å². The first kappa shape index (κ1) is 11.1. The van der Waals surface area contributed by atoms with Crippen molar-refractivity contribution in [1.82, 2.24) is 20.3 Å². The van der Waals surface area contributed by atoms with E-state index in [1.807, 2.05) is 18.2 Å². The maximum Gasteiger partial charge on any atom is 0.221 e. The molecule has 2 aromatic heterocycles. The zero-order valence-electron chi connectivity index (χ0n) is 10.2. The van der Waals surface area contributed by atoms with Crippen LogP contribution in [0.1, 0.15) is 11.3 Å². The first-order valence-electron chi connectivity index (χ1n) is 5.94. The van der Waals surface area contributed by atoms with Crippen LogP contribution in [0, 0.1) is 0 Å². The molecule has 3 heterocycles. The van der Waals surface area contributed by atoms with Crippen molar-refractivity contribution >= 4 is 0 Å². The predicted octanol–water partition coefficient (Wildman–Crippen LogP) is 1.19. The van der Waals surface area contributed by atoms with E-state index in [1.165, 1.54) is 0 Å². The van der Waals surface area contributed by atoms with E-state index in [2.05, 4.69) is 20.3 Å². The molecule has 0 aromatic carbocycles. The second-order valence-corrected chi connectivity index (χ2v) is 4.12. The van der Waals surface area contributed by atoms with Crippen LogP contribution in [0.3, 0.4) is 0 Å². The van der Waals surface area contributed by atoms with E-state index in [0.29, 0.717) is 11.7 Å². The summed E-state index contributed by atoms with van der Waals surface area (Å²) < 4.78 is 5.36. The Hall–Kier alpha value is -2.01. The minimum absolute atomic E-state index is 0.633. The predicted molar refractivity (Wildman–Crippen MR) is 67.2 cm³/mol. The normalized spacial score (nSPS) is 14.1. The molecule has 1 aliphatic rings. The number of nitrogens with one attached hydrogen (secondary N) is 1. The first-order chi connectivity index (χ1) is 8.88. The van der Waals surface area contributed by atoms with Crippen LogP contribution in [0.25, 0.3) is 11.5 Å². The average molecular weight is 242 g/mol. The fourth-order valence-corrected chi connectivity index (χ4v) is 2.09. The number of nitrogens with zero attached hydrogens (tertiary/aromatic N) is 3. The lowest BCUT2D eigenvalue weighted by Crippen LogP contribution is -2.25. The molecule has 2 aromatic rings. The molecule has 92 valence electrons. The number of fused-ring (bicyclic) bond motifs is 1. The first-order valence-corrected chi connectivity index (χ1v) is 5.94. The lowest BCUT2D eigenvalue weighted by atomic mass is 10.1. The minimum atomic E-state index is 0.633. The molecule has 0 atom stereocenters. The molecule has 0 saturated carbocycles. The molecule has 0 spiro atoms. The van der Waals surface area contributed by atoms with Gasteiger partial charge in [0.05, 0.1) is 12.8 Å². The van der Waals surface area contributed by atoms with Crippen molar-refractivity contribution in [2.24, 2.45) is 0 Å². The summed E-state index contributed by atoms with van der Waals surface area (Å²) in [5, 5.41) is 3.30. The highest BCUT2D eigenvalue weighted by Crippen LogP contribution is 2.24. The van der Waals surface area contributed by atoms with Crippen molar-refractivity contribution < 1.29 is 4.74 Å². The highest BCUT2D eigenvalue weighted by molar-refractivity contribution is 5.51. The van der Waals surface area contributed by atoms with E-state index < -0.39 is 0 Å². The number of hydrogen-bond acceptors (Lipinski definition) is 5. The van der Waals surface area contributed by atoms with Gasteiger partial charge in [-0.25, -0.2) is 4.98 Å². The van der Waals surface area contributed by atoms with Gasteiger partial charge in [-0.1, -0.05) is 6.07 Å². The Balaban J connectivity index is 2.12. The quantitative estimate of drug-likeness (QED) is 0.857. The van der Waals surface area contributed by atoms with Gasteiger partial charge in [0, 0.05) is 31.3 Å². The van der Waals surface area contributed by atoms with Gasteiger partial charge in [-0.2, -0.15) is 4.98 Å². The molecule has 5 heteroatoms. The summed E-state index contributed by atoms with van der Waals surface area (Å²) in [6.07, 6.45) is 2.64. The number of ether oxygens (including phenoxy) is 1. The van der Waals surface area contributed by atoms with E-state index >= 15 is 0 Å². The Kier molecular flexibility index (Phi) is 2.90. The Morgan fingerprint density at radius 1 is 1.28 bits per heavy atom. The number of aromatic nitrogens is 3. The Morgan fingerprint density at radius 3 is 3.00 bits per heavy atom. The van der Waals surface area contributed by atoms with Gasteiger partial charge in [-0.05, 0) is 12.1 Å². The summed E-state index contributed by atoms with van der Waals surface area (Å²) in [6.45, 7) is 1.70. The molecule has 18 heavy (non-hydrogen) atoms. The third kappa shape index (κ3) is 1.93. The van der Waals surface area contributed by atoms with Gasteiger partial charge in [0.1, 0.15) is 5.69 Å². The van der Waals surface area contributed by atoms with Gasteiger partial charge in [0.25, 0.3) is 0 Å². The summed E-state index contributed by atoms with van der Waals surface area (Å²) in [6, 6.07) is 5.71. The molecule has 0 aliphatic carbocycles. The lowest BCUT2D eigenvalue weighted by molar-refractivity contribution is 0.386. The summed E-state index contributed by atoms with van der Waals surface area (Å²) in [5.74, 6) is 1.28. The average Bonchev–Trinajstić information content (AvgIpc) is 2.47. The number of hydrogen-bond donors (Lipinski definition) is 1. The monoisotopic (exact) mass is 242 g/mol. The maximum absolute atomic E-state index is 5.36. The van der Waals surface area contributed by atoms with E-state index in [1.54, 1.807) is 13.3 Å². The molecule has 0 unspecified atom stereocenters. The minimum Gasteiger partial charge on any atom is -0.481 e. The molecular weight excluding hydrogens is 228 g/mol. The summed E-state index contributed by atoms with van der Waals surface area (Å²) in [7, 11) is 1.64. The van der Waals surface area contributed by atoms with Crippen LogP contribution in [0.5, 0.6) is 5.88 Å². The van der Waals surface area contributed by atoms with Gasteiger partial charge in [0.15, 0.2) is 5.82 Å². The largest absolute Gasteiger partial charge is 0.481 e. The zero-order valence-corrected chi connectivity index (χ0v) is 10.2. The summed E-state index contributed by atoms with van der Waals surface area (Å²) in [5.41, 5.74) is 2.89. The third-order valence-electron chi connectivity index (χ3n) is 2.98. The summed E-state index contributed by atoms with van der Waals surface area (Å²) >= 11 is 0. The smallest absolute Gasteiger partial charge is 0.221 e. The van der Waals surface area contributed by atoms with E-state index in [0.717, 1.165) is 36.5 Å². The van der Waals surface area contributed by atoms with E-state index in [-0.39, 0.29) is 0 Å². The molecule has 0 radical (unpaired) electrons. The topological polar surface area (TPSA) is 59.9 Å². The molecule has 0 fully saturated rings. The third-order valence-corrected chi connectivity index (χ3v) is 2.98. The fourth-order valence-electron chi connectivity index (χ4n) is 2.09. The summed E-state index contributed by atoms with van der Waals surface area (Å²) in [4.78, 5) is 13.3. The molecule has 0 bridgehead atoms. The maximum atomic E-state index is 5.36. The van der Waals surface area contributed by atoms with E-state index in [9.17, 15) is 0 Å². The van der Waals surface area contributed by atoms with Crippen molar-refractivity contribution in [2.45, 2.75) is 13.0 Å². The van der Waals surface area contributed by atoms with E-state index in [4.69, 9.17) is 4.74 Å². The van der Waals surface area contributed by atoms with Crippen molar-refractivity contribution in [2.75, 3.05) is 13.7 Å². The molecule has 1 N–H and O–H groups in total. The molecule has 5 nitrogen and oxygen atoms in total. The molecule has 0 saturated heterocycles. The van der Waals surface area contributed by atoms with Gasteiger partial charge in [-0.3, -0.25) is 4.98 Å². The fraction of sp³-hybridized carbons (Fsp3) is 0.308. The number of methoxy groups -OCH3 is 1. The van der Waals surface area contributed by atoms with Gasteiger partial charge in [0.2, 0.25) is 5.88 Å². The lowest BCUT2D eigenvalue weighted by Gasteiger charge is -2.18. The molecule has 3 rings (SSSR count). The molecule has 0 amide bonds. The van der Waals surface area contributed by atoms with Crippen molar-refractivity contribution in [3.63, 3.8) is 0 Å². The van der Waals surface area contributed by atoms with Crippen molar-refractivity contribution in [3.05, 3.63) is 35.7 Å². The Bertz CT molecular complexity index is 539. The van der Waals surface area contributed by atoms with Crippen molar-refractivity contribution in [3.8, 4) is 17.4 Å². The highest BCUT2D eigenvalue weighted by atomic mass is 16.5. The van der Waals surface area contributed by atoms with Crippen molar-refractivity contribution in [1.29, 1.82) is 0 Å².